The third kappa shape index (κ3) is 5.41. The van der Waals surface area contributed by atoms with Crippen molar-refractivity contribution in [3.8, 4) is 0 Å². The number of carbonyl (C=O) groups is 1. The summed E-state index contributed by atoms with van der Waals surface area (Å²) in [5, 5.41) is 5.48. The predicted octanol–water partition coefficient (Wildman–Crippen LogP) is 4.99. The van der Waals surface area contributed by atoms with Crippen molar-refractivity contribution in [2.24, 2.45) is 5.92 Å². The summed E-state index contributed by atoms with van der Waals surface area (Å²) in [4.78, 5) is 14.4. The summed E-state index contributed by atoms with van der Waals surface area (Å²) in [6.45, 7) is 4.22. The van der Waals surface area contributed by atoms with Crippen LogP contribution >= 0.6 is 0 Å². The van der Waals surface area contributed by atoms with Crippen molar-refractivity contribution in [2.45, 2.75) is 25.9 Å². The minimum atomic E-state index is -4.41. The highest BCUT2D eigenvalue weighted by Gasteiger charge is 2.30. The maximum atomic E-state index is 12.7. The number of halogens is 3. The average molecular weight is 391 g/mol. The fraction of sp³-hybridized carbons (Fsp3) is 0.381. The summed E-state index contributed by atoms with van der Waals surface area (Å²) in [6, 6.07) is 12.4. The second kappa shape index (κ2) is 8.54. The Bertz CT molecular complexity index is 797. The van der Waals surface area contributed by atoms with E-state index in [1.807, 2.05) is 24.3 Å². The molecule has 1 amide bonds. The Hall–Kier alpha value is -2.70. The molecule has 0 spiro atoms. The summed E-state index contributed by atoms with van der Waals surface area (Å²) < 4.78 is 38.2. The largest absolute Gasteiger partial charge is 0.416 e. The minimum Gasteiger partial charge on any atom is -0.376 e. The van der Waals surface area contributed by atoms with Crippen LogP contribution in [0, 0.1) is 5.92 Å². The van der Waals surface area contributed by atoms with Crippen LogP contribution in [0.5, 0.6) is 0 Å². The van der Waals surface area contributed by atoms with Crippen LogP contribution in [0.1, 0.15) is 25.3 Å². The lowest BCUT2D eigenvalue weighted by molar-refractivity contribution is -0.137. The van der Waals surface area contributed by atoms with E-state index in [-0.39, 0.29) is 18.1 Å². The molecule has 150 valence electrons. The van der Waals surface area contributed by atoms with Crippen LogP contribution in [0.25, 0.3) is 0 Å². The molecule has 0 aromatic heterocycles. The Balaban J connectivity index is 1.51. The molecule has 1 aliphatic heterocycles. The van der Waals surface area contributed by atoms with E-state index in [0.717, 1.165) is 36.8 Å². The number of hydrogen-bond donors (Lipinski definition) is 2. The van der Waals surface area contributed by atoms with Crippen LogP contribution in [0.4, 0.5) is 30.2 Å². The molecule has 0 unspecified atom stereocenters. The van der Waals surface area contributed by atoms with Crippen LogP contribution in [0.3, 0.4) is 0 Å². The summed E-state index contributed by atoms with van der Waals surface area (Å²) >= 11 is 0. The SMILES string of the molecule is CC1CCN(c2ccc(NC(=O)CNc3cccc(C(F)(F)F)c3)cc2)CC1. The first-order chi connectivity index (χ1) is 13.3. The van der Waals surface area contributed by atoms with E-state index in [0.29, 0.717) is 5.69 Å². The quantitative estimate of drug-likeness (QED) is 0.755. The first kappa shape index (κ1) is 20.0. The number of amides is 1. The Kier molecular flexibility index (Phi) is 6.11. The van der Waals surface area contributed by atoms with E-state index in [1.165, 1.54) is 25.0 Å². The number of hydrogen-bond acceptors (Lipinski definition) is 3. The maximum absolute atomic E-state index is 12.7. The summed E-state index contributed by atoms with van der Waals surface area (Å²) in [6.07, 6.45) is -2.05. The molecule has 2 N–H and O–H groups in total. The van der Waals surface area contributed by atoms with Crippen molar-refractivity contribution in [1.29, 1.82) is 0 Å². The normalized spacial score (nSPS) is 15.4. The van der Waals surface area contributed by atoms with Crippen LogP contribution in [-0.2, 0) is 11.0 Å². The van der Waals surface area contributed by atoms with E-state index in [9.17, 15) is 18.0 Å². The van der Waals surface area contributed by atoms with E-state index in [4.69, 9.17) is 0 Å². The molecule has 2 aromatic rings. The highest BCUT2D eigenvalue weighted by molar-refractivity contribution is 5.93. The number of piperidine rings is 1. The average Bonchev–Trinajstić information content (AvgIpc) is 2.67. The van der Waals surface area contributed by atoms with E-state index in [2.05, 4.69) is 22.5 Å². The van der Waals surface area contributed by atoms with Gasteiger partial charge in [0.2, 0.25) is 5.91 Å². The number of alkyl halides is 3. The van der Waals surface area contributed by atoms with Gasteiger partial charge in [0.05, 0.1) is 12.1 Å². The van der Waals surface area contributed by atoms with Crippen LogP contribution in [-0.4, -0.2) is 25.5 Å². The summed E-state index contributed by atoms with van der Waals surface area (Å²) in [7, 11) is 0. The number of carbonyl (C=O) groups excluding carboxylic acids is 1. The molecule has 0 aliphatic carbocycles. The molecule has 1 saturated heterocycles. The standard InChI is InChI=1S/C21H24F3N3O/c1-15-9-11-27(12-10-15)19-7-5-17(6-8-19)26-20(28)14-25-18-4-2-3-16(13-18)21(22,23)24/h2-8,13,15,25H,9-12,14H2,1H3,(H,26,28). The zero-order valence-corrected chi connectivity index (χ0v) is 15.7. The van der Waals surface area contributed by atoms with E-state index >= 15 is 0 Å². The van der Waals surface area contributed by atoms with Crippen molar-refractivity contribution in [2.75, 3.05) is 35.2 Å². The highest BCUT2D eigenvalue weighted by atomic mass is 19.4. The molecule has 0 radical (unpaired) electrons. The molecule has 0 atom stereocenters. The number of rotatable bonds is 5. The molecule has 4 nitrogen and oxygen atoms in total. The third-order valence-corrected chi connectivity index (χ3v) is 4.94. The second-order valence-electron chi connectivity index (χ2n) is 7.20. The van der Waals surface area contributed by atoms with Gasteiger partial charge in [-0.1, -0.05) is 13.0 Å². The lowest BCUT2D eigenvalue weighted by atomic mass is 9.99. The number of benzene rings is 2. The van der Waals surface area contributed by atoms with Gasteiger partial charge in [0.25, 0.3) is 0 Å². The third-order valence-electron chi connectivity index (χ3n) is 4.94. The number of anilines is 3. The molecule has 0 bridgehead atoms. The van der Waals surface area contributed by atoms with Gasteiger partial charge in [0.15, 0.2) is 0 Å². The second-order valence-corrected chi connectivity index (χ2v) is 7.20. The first-order valence-electron chi connectivity index (χ1n) is 9.37. The molecule has 7 heteroatoms. The topological polar surface area (TPSA) is 44.4 Å². The first-order valence-corrected chi connectivity index (χ1v) is 9.37. The van der Waals surface area contributed by atoms with Gasteiger partial charge >= 0.3 is 6.18 Å². The molecule has 1 fully saturated rings. The minimum absolute atomic E-state index is 0.118. The van der Waals surface area contributed by atoms with Gasteiger partial charge in [0.1, 0.15) is 0 Å². The number of nitrogens with zero attached hydrogens (tertiary/aromatic N) is 1. The molecule has 1 heterocycles. The van der Waals surface area contributed by atoms with Gasteiger partial charge in [0, 0.05) is 30.2 Å². The Morgan fingerprint density at radius 2 is 1.75 bits per heavy atom. The molecular formula is C21H24F3N3O. The van der Waals surface area contributed by atoms with Gasteiger partial charge in [-0.2, -0.15) is 13.2 Å². The Morgan fingerprint density at radius 3 is 2.39 bits per heavy atom. The maximum Gasteiger partial charge on any atom is 0.416 e. The molecule has 2 aromatic carbocycles. The zero-order valence-electron chi connectivity index (χ0n) is 15.7. The lowest BCUT2D eigenvalue weighted by Crippen LogP contribution is -2.32. The monoisotopic (exact) mass is 391 g/mol. The van der Waals surface area contributed by atoms with Crippen molar-refractivity contribution < 1.29 is 18.0 Å². The van der Waals surface area contributed by atoms with Crippen molar-refractivity contribution >= 4 is 23.0 Å². The van der Waals surface area contributed by atoms with Crippen molar-refractivity contribution in [3.05, 3.63) is 54.1 Å². The molecule has 1 aliphatic rings. The van der Waals surface area contributed by atoms with Crippen LogP contribution in [0.15, 0.2) is 48.5 Å². The molecule has 0 saturated carbocycles. The molecular weight excluding hydrogens is 367 g/mol. The molecule has 3 rings (SSSR count). The van der Waals surface area contributed by atoms with Crippen LogP contribution in [0.2, 0.25) is 0 Å². The summed E-state index contributed by atoms with van der Waals surface area (Å²) in [5.74, 6) is 0.441. The molecule has 28 heavy (non-hydrogen) atoms. The fourth-order valence-electron chi connectivity index (χ4n) is 3.22. The zero-order chi connectivity index (χ0) is 20.1. The van der Waals surface area contributed by atoms with Crippen molar-refractivity contribution in [3.63, 3.8) is 0 Å². The number of nitrogens with one attached hydrogen (secondary N) is 2. The van der Waals surface area contributed by atoms with Crippen molar-refractivity contribution in [1.82, 2.24) is 0 Å². The van der Waals surface area contributed by atoms with Gasteiger partial charge in [-0.3, -0.25) is 4.79 Å². The van der Waals surface area contributed by atoms with Gasteiger partial charge < -0.3 is 15.5 Å². The lowest BCUT2D eigenvalue weighted by Gasteiger charge is -2.32. The van der Waals surface area contributed by atoms with Gasteiger partial charge in [-0.25, -0.2) is 0 Å². The Morgan fingerprint density at radius 1 is 1.07 bits per heavy atom. The summed E-state index contributed by atoms with van der Waals surface area (Å²) in [5.41, 5.74) is 1.29. The van der Waals surface area contributed by atoms with Gasteiger partial charge in [-0.15, -0.1) is 0 Å². The fourth-order valence-corrected chi connectivity index (χ4v) is 3.22. The highest BCUT2D eigenvalue weighted by Crippen LogP contribution is 2.30. The van der Waals surface area contributed by atoms with E-state index < -0.39 is 11.7 Å². The van der Waals surface area contributed by atoms with E-state index in [1.54, 1.807) is 0 Å². The Labute approximate surface area is 162 Å². The van der Waals surface area contributed by atoms with Gasteiger partial charge in [-0.05, 0) is 61.2 Å². The smallest absolute Gasteiger partial charge is 0.376 e. The predicted molar refractivity (Wildman–Crippen MR) is 106 cm³/mol. The van der Waals surface area contributed by atoms with Crippen LogP contribution < -0.4 is 15.5 Å².